The van der Waals surface area contributed by atoms with Crippen LogP contribution in [0, 0.1) is 0 Å². The number of para-hydroxylation sites is 2. The number of carbonyl (C=O) groups excluding carboxylic acids is 1. The SMILES string of the molecule is COc1ccc2[nH]c(CNC(=O)[C@@H]3COc4ccccc4O3)cc2c1. The average molecular weight is 338 g/mol. The van der Waals surface area contributed by atoms with Crippen molar-refractivity contribution in [3.05, 3.63) is 54.2 Å². The molecule has 0 radical (unpaired) electrons. The maximum atomic E-state index is 12.3. The molecule has 2 N–H and O–H groups in total. The van der Waals surface area contributed by atoms with Gasteiger partial charge in [0.25, 0.3) is 5.91 Å². The van der Waals surface area contributed by atoms with Crippen LogP contribution in [0.4, 0.5) is 0 Å². The number of fused-ring (bicyclic) bond motifs is 2. The molecule has 0 unspecified atom stereocenters. The Morgan fingerprint density at radius 2 is 2.08 bits per heavy atom. The topological polar surface area (TPSA) is 72.6 Å². The van der Waals surface area contributed by atoms with Gasteiger partial charge >= 0.3 is 0 Å². The van der Waals surface area contributed by atoms with Gasteiger partial charge in [0.05, 0.1) is 13.7 Å². The minimum Gasteiger partial charge on any atom is -0.497 e. The molecule has 1 amide bonds. The van der Waals surface area contributed by atoms with Crippen molar-refractivity contribution in [3.8, 4) is 17.2 Å². The van der Waals surface area contributed by atoms with Crippen molar-refractivity contribution in [2.75, 3.05) is 13.7 Å². The van der Waals surface area contributed by atoms with Crippen molar-refractivity contribution in [1.82, 2.24) is 10.3 Å². The molecular weight excluding hydrogens is 320 g/mol. The number of rotatable bonds is 4. The average Bonchev–Trinajstić information content (AvgIpc) is 3.07. The number of benzene rings is 2. The molecule has 0 aliphatic carbocycles. The molecule has 1 atom stereocenters. The second kappa shape index (κ2) is 6.39. The zero-order valence-corrected chi connectivity index (χ0v) is 13.7. The molecule has 6 nitrogen and oxygen atoms in total. The third-order valence-electron chi connectivity index (χ3n) is 4.14. The van der Waals surface area contributed by atoms with Gasteiger partial charge in [-0.15, -0.1) is 0 Å². The predicted molar refractivity (Wildman–Crippen MR) is 93.1 cm³/mol. The summed E-state index contributed by atoms with van der Waals surface area (Å²) in [6.07, 6.45) is -0.653. The molecule has 2 aromatic carbocycles. The number of hydrogen-bond acceptors (Lipinski definition) is 4. The van der Waals surface area contributed by atoms with Gasteiger partial charge in [0, 0.05) is 16.6 Å². The Morgan fingerprint density at radius 3 is 2.92 bits per heavy atom. The number of methoxy groups -OCH3 is 1. The second-order valence-electron chi connectivity index (χ2n) is 5.83. The van der Waals surface area contributed by atoms with E-state index >= 15 is 0 Å². The summed E-state index contributed by atoms with van der Waals surface area (Å²) in [6, 6.07) is 15.1. The molecule has 1 aliphatic rings. The first-order valence-electron chi connectivity index (χ1n) is 8.05. The summed E-state index contributed by atoms with van der Waals surface area (Å²) in [5, 5.41) is 3.92. The van der Waals surface area contributed by atoms with Crippen molar-refractivity contribution in [3.63, 3.8) is 0 Å². The van der Waals surface area contributed by atoms with Gasteiger partial charge in [-0.1, -0.05) is 12.1 Å². The zero-order valence-electron chi connectivity index (χ0n) is 13.7. The number of hydrogen-bond donors (Lipinski definition) is 2. The van der Waals surface area contributed by atoms with Crippen molar-refractivity contribution in [2.45, 2.75) is 12.6 Å². The van der Waals surface area contributed by atoms with E-state index in [0.717, 1.165) is 22.3 Å². The van der Waals surface area contributed by atoms with Crippen LogP contribution >= 0.6 is 0 Å². The van der Waals surface area contributed by atoms with Crippen molar-refractivity contribution in [2.24, 2.45) is 0 Å². The molecule has 1 aliphatic heterocycles. The fourth-order valence-corrected chi connectivity index (χ4v) is 2.84. The second-order valence-corrected chi connectivity index (χ2v) is 5.83. The highest BCUT2D eigenvalue weighted by atomic mass is 16.6. The Kier molecular flexibility index (Phi) is 3.93. The van der Waals surface area contributed by atoms with E-state index < -0.39 is 6.10 Å². The lowest BCUT2D eigenvalue weighted by atomic mass is 10.2. The molecule has 25 heavy (non-hydrogen) atoms. The Labute approximate surface area is 144 Å². The van der Waals surface area contributed by atoms with Crippen LogP contribution in [-0.4, -0.2) is 30.7 Å². The van der Waals surface area contributed by atoms with Crippen LogP contribution in [0.3, 0.4) is 0 Å². The highest BCUT2D eigenvalue weighted by Crippen LogP contribution is 2.30. The van der Waals surface area contributed by atoms with Gasteiger partial charge in [0.15, 0.2) is 11.5 Å². The Morgan fingerprint density at radius 1 is 1.24 bits per heavy atom. The van der Waals surface area contributed by atoms with Crippen LogP contribution in [-0.2, 0) is 11.3 Å². The Hall–Kier alpha value is -3.15. The molecule has 2 heterocycles. The molecule has 0 fully saturated rings. The van der Waals surface area contributed by atoms with Gasteiger partial charge in [-0.25, -0.2) is 0 Å². The van der Waals surface area contributed by atoms with E-state index in [9.17, 15) is 4.79 Å². The maximum absolute atomic E-state index is 12.3. The summed E-state index contributed by atoms with van der Waals surface area (Å²) < 4.78 is 16.5. The van der Waals surface area contributed by atoms with Crippen LogP contribution in [0.5, 0.6) is 17.2 Å². The van der Waals surface area contributed by atoms with E-state index in [1.165, 1.54) is 0 Å². The van der Waals surface area contributed by atoms with Crippen LogP contribution in [0.25, 0.3) is 10.9 Å². The molecule has 3 aromatic rings. The van der Waals surface area contributed by atoms with E-state index in [2.05, 4.69) is 10.3 Å². The van der Waals surface area contributed by atoms with E-state index in [1.807, 2.05) is 42.5 Å². The normalized spacial score (nSPS) is 15.8. The van der Waals surface area contributed by atoms with Gasteiger partial charge in [0.1, 0.15) is 12.4 Å². The quantitative estimate of drug-likeness (QED) is 0.767. The van der Waals surface area contributed by atoms with Gasteiger partial charge in [0.2, 0.25) is 6.10 Å². The van der Waals surface area contributed by atoms with Crippen molar-refractivity contribution >= 4 is 16.8 Å². The number of carbonyl (C=O) groups is 1. The van der Waals surface area contributed by atoms with E-state index in [1.54, 1.807) is 13.2 Å². The lowest BCUT2D eigenvalue weighted by Gasteiger charge is -2.25. The van der Waals surface area contributed by atoms with E-state index in [-0.39, 0.29) is 12.5 Å². The summed E-state index contributed by atoms with van der Waals surface area (Å²) in [6.45, 7) is 0.587. The fourth-order valence-electron chi connectivity index (χ4n) is 2.84. The van der Waals surface area contributed by atoms with Crippen LogP contribution in [0.2, 0.25) is 0 Å². The number of H-pyrrole nitrogens is 1. The first-order valence-corrected chi connectivity index (χ1v) is 8.05. The van der Waals surface area contributed by atoms with Crippen molar-refractivity contribution < 1.29 is 19.0 Å². The van der Waals surface area contributed by atoms with Crippen LogP contribution < -0.4 is 19.5 Å². The fraction of sp³-hybridized carbons (Fsp3) is 0.211. The number of aromatic nitrogens is 1. The van der Waals surface area contributed by atoms with E-state index in [0.29, 0.717) is 18.0 Å². The highest BCUT2D eigenvalue weighted by Gasteiger charge is 2.27. The third kappa shape index (κ3) is 3.10. The minimum atomic E-state index is -0.653. The molecular formula is C19H18N2O4. The summed E-state index contributed by atoms with van der Waals surface area (Å²) >= 11 is 0. The minimum absolute atomic E-state index is 0.201. The monoisotopic (exact) mass is 338 g/mol. The molecule has 6 heteroatoms. The molecule has 0 saturated carbocycles. The first-order chi connectivity index (χ1) is 12.2. The smallest absolute Gasteiger partial charge is 0.265 e. The van der Waals surface area contributed by atoms with Crippen LogP contribution in [0.1, 0.15) is 5.69 Å². The maximum Gasteiger partial charge on any atom is 0.265 e. The predicted octanol–water partition coefficient (Wildman–Crippen LogP) is 2.63. The number of ether oxygens (including phenoxy) is 3. The summed E-state index contributed by atoms with van der Waals surface area (Å²) in [7, 11) is 1.64. The summed E-state index contributed by atoms with van der Waals surface area (Å²) in [4.78, 5) is 15.6. The summed E-state index contributed by atoms with van der Waals surface area (Å²) in [5.74, 6) is 1.85. The lowest BCUT2D eigenvalue weighted by Crippen LogP contribution is -2.43. The van der Waals surface area contributed by atoms with Crippen LogP contribution in [0.15, 0.2) is 48.5 Å². The standard InChI is InChI=1S/C19H18N2O4/c1-23-14-6-7-15-12(9-14)8-13(21-15)10-20-19(22)18-11-24-16-4-2-3-5-17(16)25-18/h2-9,18,21H,10-11H2,1H3,(H,20,22)/t18-/m0/s1. The van der Waals surface area contributed by atoms with Crippen molar-refractivity contribution in [1.29, 1.82) is 0 Å². The van der Waals surface area contributed by atoms with Gasteiger partial charge in [-0.2, -0.15) is 0 Å². The lowest BCUT2D eigenvalue weighted by molar-refractivity contribution is -0.130. The molecule has 0 bridgehead atoms. The summed E-state index contributed by atoms with van der Waals surface area (Å²) in [5.41, 5.74) is 1.91. The Bertz CT molecular complexity index is 919. The Balaban J connectivity index is 1.40. The number of nitrogens with one attached hydrogen (secondary N) is 2. The third-order valence-corrected chi connectivity index (χ3v) is 4.14. The number of aromatic amines is 1. The van der Waals surface area contributed by atoms with Gasteiger partial charge < -0.3 is 24.5 Å². The van der Waals surface area contributed by atoms with E-state index in [4.69, 9.17) is 14.2 Å². The largest absolute Gasteiger partial charge is 0.497 e. The highest BCUT2D eigenvalue weighted by molar-refractivity contribution is 5.83. The zero-order chi connectivity index (χ0) is 17.2. The molecule has 4 rings (SSSR count). The van der Waals surface area contributed by atoms with Gasteiger partial charge in [-0.05, 0) is 36.4 Å². The number of amides is 1. The molecule has 128 valence electrons. The first kappa shape index (κ1) is 15.4. The molecule has 0 spiro atoms. The molecule has 0 saturated heterocycles. The van der Waals surface area contributed by atoms with Gasteiger partial charge in [-0.3, -0.25) is 4.79 Å². The molecule has 1 aromatic heterocycles.